The number of nitrogens with zero attached hydrogens (tertiary/aromatic N) is 2. The highest BCUT2D eigenvalue weighted by molar-refractivity contribution is 6.03. The molecule has 1 aliphatic heterocycles. The van der Waals surface area contributed by atoms with Gasteiger partial charge in [-0.05, 0) is 37.0 Å². The molecule has 1 fully saturated rings. The van der Waals surface area contributed by atoms with Crippen LogP contribution in [0.3, 0.4) is 0 Å². The lowest BCUT2D eigenvalue weighted by Gasteiger charge is -2.33. The summed E-state index contributed by atoms with van der Waals surface area (Å²) >= 11 is 0. The Labute approximate surface area is 169 Å². The van der Waals surface area contributed by atoms with Crippen molar-refractivity contribution < 1.29 is 14.3 Å². The minimum Gasteiger partial charge on any atom is -0.445 e. The number of para-hydroxylation sites is 1. The zero-order valence-corrected chi connectivity index (χ0v) is 16.1. The van der Waals surface area contributed by atoms with Gasteiger partial charge in [-0.25, -0.2) is 4.79 Å². The zero-order chi connectivity index (χ0) is 20.1. The first-order valence-electron chi connectivity index (χ1n) is 9.84. The van der Waals surface area contributed by atoms with Crippen LogP contribution in [-0.2, 0) is 16.1 Å². The number of piperidine rings is 1. The van der Waals surface area contributed by atoms with E-state index in [2.05, 4.69) is 10.3 Å². The van der Waals surface area contributed by atoms with E-state index < -0.39 is 12.1 Å². The van der Waals surface area contributed by atoms with Crippen molar-refractivity contribution in [1.82, 2.24) is 9.88 Å². The number of ether oxygens (including phenoxy) is 1. The second kappa shape index (κ2) is 8.73. The summed E-state index contributed by atoms with van der Waals surface area (Å²) in [5.41, 5.74) is 2.30. The Balaban J connectivity index is 1.46. The molecule has 1 atom stereocenters. The summed E-state index contributed by atoms with van der Waals surface area (Å²) in [5, 5.41) is 3.91. The number of likely N-dealkylation sites (tertiary alicyclic amines) is 1. The van der Waals surface area contributed by atoms with Crippen molar-refractivity contribution in [2.45, 2.75) is 31.9 Å². The highest BCUT2D eigenvalue weighted by Crippen LogP contribution is 2.24. The van der Waals surface area contributed by atoms with Crippen LogP contribution in [0.1, 0.15) is 24.8 Å². The van der Waals surface area contributed by atoms with Crippen LogP contribution in [0.15, 0.2) is 66.9 Å². The van der Waals surface area contributed by atoms with E-state index in [1.165, 1.54) is 0 Å². The molecule has 0 spiro atoms. The molecule has 1 aromatic heterocycles. The monoisotopic (exact) mass is 389 g/mol. The van der Waals surface area contributed by atoms with Crippen LogP contribution in [0.5, 0.6) is 0 Å². The number of hydrogen-bond acceptors (Lipinski definition) is 4. The Bertz CT molecular complexity index is 1000. The van der Waals surface area contributed by atoms with Gasteiger partial charge in [0.2, 0.25) is 5.91 Å². The number of aromatic nitrogens is 1. The van der Waals surface area contributed by atoms with E-state index in [0.29, 0.717) is 18.7 Å². The smallest absolute Gasteiger partial charge is 0.410 e. The molecule has 2 heterocycles. The Morgan fingerprint density at radius 1 is 1.03 bits per heavy atom. The number of benzene rings is 2. The minimum atomic E-state index is -0.550. The Morgan fingerprint density at radius 3 is 2.72 bits per heavy atom. The number of anilines is 1. The van der Waals surface area contributed by atoms with Crippen molar-refractivity contribution >= 4 is 28.6 Å². The van der Waals surface area contributed by atoms with E-state index in [-0.39, 0.29) is 12.5 Å². The molecule has 1 aliphatic rings. The van der Waals surface area contributed by atoms with Crippen LogP contribution in [-0.4, -0.2) is 34.5 Å². The van der Waals surface area contributed by atoms with Gasteiger partial charge in [0.25, 0.3) is 0 Å². The van der Waals surface area contributed by atoms with Crippen LogP contribution in [0.25, 0.3) is 10.9 Å². The molecule has 0 unspecified atom stereocenters. The lowest BCUT2D eigenvalue weighted by molar-refractivity contribution is -0.121. The van der Waals surface area contributed by atoms with Gasteiger partial charge in [0, 0.05) is 18.1 Å². The van der Waals surface area contributed by atoms with Gasteiger partial charge in [-0.2, -0.15) is 0 Å². The fourth-order valence-electron chi connectivity index (χ4n) is 3.65. The Kier molecular flexibility index (Phi) is 5.70. The van der Waals surface area contributed by atoms with Gasteiger partial charge in [-0.3, -0.25) is 14.7 Å². The van der Waals surface area contributed by atoms with Gasteiger partial charge < -0.3 is 10.1 Å². The van der Waals surface area contributed by atoms with Crippen molar-refractivity contribution in [1.29, 1.82) is 0 Å². The third-order valence-corrected chi connectivity index (χ3v) is 5.14. The molecule has 6 nitrogen and oxygen atoms in total. The van der Waals surface area contributed by atoms with Crippen LogP contribution < -0.4 is 5.32 Å². The highest BCUT2D eigenvalue weighted by Gasteiger charge is 2.33. The maximum Gasteiger partial charge on any atom is 0.410 e. The number of amides is 2. The molecule has 6 heteroatoms. The Hall–Kier alpha value is -3.41. The highest BCUT2D eigenvalue weighted by atomic mass is 16.6. The SMILES string of the molecule is O=C(Nc1cccc2cccnc12)[C@H]1CCCCN1C(=O)OCc1ccccc1. The normalized spacial score (nSPS) is 16.4. The molecule has 2 aromatic carbocycles. The number of carbonyl (C=O) groups excluding carboxylic acids is 2. The quantitative estimate of drug-likeness (QED) is 0.719. The van der Waals surface area contributed by atoms with Crippen molar-refractivity contribution in [3.63, 3.8) is 0 Å². The standard InChI is InChI=1S/C23H23N3O3/c27-22(25-19-12-6-10-18-11-7-14-24-21(18)19)20-13-4-5-15-26(20)23(28)29-16-17-8-2-1-3-9-17/h1-3,6-12,14,20H,4-5,13,15-16H2,(H,25,27)/t20-/m1/s1. The van der Waals surface area contributed by atoms with Crippen LogP contribution in [0.4, 0.5) is 10.5 Å². The summed E-state index contributed by atoms with van der Waals surface area (Å²) < 4.78 is 5.46. The summed E-state index contributed by atoms with van der Waals surface area (Å²) in [5.74, 6) is -0.209. The number of carbonyl (C=O) groups is 2. The predicted octanol–water partition coefficient (Wildman–Crippen LogP) is 4.36. The fourth-order valence-corrected chi connectivity index (χ4v) is 3.65. The van der Waals surface area contributed by atoms with Gasteiger partial charge in [-0.1, -0.05) is 48.5 Å². The zero-order valence-electron chi connectivity index (χ0n) is 16.1. The van der Waals surface area contributed by atoms with Crippen molar-refractivity contribution in [3.8, 4) is 0 Å². The lowest BCUT2D eigenvalue weighted by Crippen LogP contribution is -2.50. The molecule has 148 valence electrons. The van der Waals surface area contributed by atoms with Gasteiger partial charge in [0.05, 0.1) is 11.2 Å². The van der Waals surface area contributed by atoms with Crippen molar-refractivity contribution in [2.75, 3.05) is 11.9 Å². The van der Waals surface area contributed by atoms with Crippen LogP contribution in [0, 0.1) is 0 Å². The molecular formula is C23H23N3O3. The van der Waals surface area contributed by atoms with Crippen LogP contribution in [0.2, 0.25) is 0 Å². The van der Waals surface area contributed by atoms with Crippen molar-refractivity contribution in [2.24, 2.45) is 0 Å². The number of hydrogen-bond donors (Lipinski definition) is 1. The molecule has 2 amide bonds. The van der Waals surface area contributed by atoms with E-state index >= 15 is 0 Å². The first-order chi connectivity index (χ1) is 14.2. The molecule has 0 saturated carbocycles. The molecule has 29 heavy (non-hydrogen) atoms. The van der Waals surface area contributed by atoms with E-state index in [0.717, 1.165) is 29.3 Å². The molecule has 0 aliphatic carbocycles. The van der Waals surface area contributed by atoms with Crippen molar-refractivity contribution in [3.05, 3.63) is 72.4 Å². The minimum absolute atomic E-state index is 0.192. The molecule has 1 N–H and O–H groups in total. The second-order valence-electron chi connectivity index (χ2n) is 7.12. The summed E-state index contributed by atoms with van der Waals surface area (Å²) in [6, 6.07) is 18.4. The third kappa shape index (κ3) is 4.37. The summed E-state index contributed by atoms with van der Waals surface area (Å²) in [6.07, 6.45) is 3.62. The van der Waals surface area contributed by atoms with E-state index in [1.807, 2.05) is 60.7 Å². The molecule has 3 aromatic rings. The number of nitrogens with one attached hydrogen (secondary N) is 1. The molecule has 4 rings (SSSR count). The predicted molar refractivity (Wildman–Crippen MR) is 111 cm³/mol. The molecule has 0 radical (unpaired) electrons. The second-order valence-corrected chi connectivity index (χ2v) is 7.12. The first-order valence-corrected chi connectivity index (χ1v) is 9.84. The third-order valence-electron chi connectivity index (χ3n) is 5.14. The maximum atomic E-state index is 13.0. The average Bonchev–Trinajstić information content (AvgIpc) is 2.78. The molecule has 1 saturated heterocycles. The maximum absolute atomic E-state index is 13.0. The number of fused-ring (bicyclic) bond motifs is 1. The summed E-state index contributed by atoms with van der Waals surface area (Å²) in [7, 11) is 0. The number of pyridine rings is 1. The fraction of sp³-hybridized carbons (Fsp3) is 0.261. The van der Waals surface area contributed by atoms with Gasteiger partial charge in [0.1, 0.15) is 12.6 Å². The van der Waals surface area contributed by atoms with Crippen LogP contribution >= 0.6 is 0 Å². The van der Waals surface area contributed by atoms with E-state index in [4.69, 9.17) is 4.74 Å². The Morgan fingerprint density at radius 2 is 1.86 bits per heavy atom. The van der Waals surface area contributed by atoms with Gasteiger partial charge in [-0.15, -0.1) is 0 Å². The lowest BCUT2D eigenvalue weighted by atomic mass is 10.0. The number of rotatable bonds is 4. The molecular weight excluding hydrogens is 366 g/mol. The van der Waals surface area contributed by atoms with Gasteiger partial charge >= 0.3 is 6.09 Å². The van der Waals surface area contributed by atoms with E-state index in [9.17, 15) is 9.59 Å². The first kappa shape index (κ1) is 18.9. The van der Waals surface area contributed by atoms with E-state index in [1.54, 1.807) is 11.1 Å². The summed E-state index contributed by atoms with van der Waals surface area (Å²) in [4.78, 5) is 31.6. The average molecular weight is 389 g/mol. The molecule has 0 bridgehead atoms. The topological polar surface area (TPSA) is 71.5 Å². The summed E-state index contributed by atoms with van der Waals surface area (Å²) in [6.45, 7) is 0.706. The van der Waals surface area contributed by atoms with Gasteiger partial charge in [0.15, 0.2) is 0 Å². The largest absolute Gasteiger partial charge is 0.445 e.